The maximum absolute atomic E-state index is 10.4. The predicted octanol–water partition coefficient (Wildman–Crippen LogP) is 1.56. The summed E-state index contributed by atoms with van der Waals surface area (Å²) in [5.41, 5.74) is 3.18. The molecule has 0 aliphatic rings. The summed E-state index contributed by atoms with van der Waals surface area (Å²) in [4.78, 5) is 26.6. The van der Waals surface area contributed by atoms with Gasteiger partial charge in [0.2, 0.25) is 0 Å². The predicted molar refractivity (Wildman–Crippen MR) is 55.2 cm³/mol. The van der Waals surface area contributed by atoms with E-state index in [9.17, 15) is 9.59 Å². The number of H-pyrrole nitrogens is 2. The van der Waals surface area contributed by atoms with Gasteiger partial charge in [-0.25, -0.2) is 0 Å². The Kier molecular flexibility index (Phi) is 2.49. The summed E-state index contributed by atoms with van der Waals surface area (Å²) in [6.07, 6.45) is 5.83. The molecule has 2 aromatic heterocycles. The molecule has 0 amide bonds. The molecule has 4 nitrogen and oxygen atoms in total. The van der Waals surface area contributed by atoms with E-state index < -0.39 is 0 Å². The highest BCUT2D eigenvalue weighted by atomic mass is 16.1. The molecule has 4 heteroatoms. The number of carbonyl (C=O) groups is 2. The van der Waals surface area contributed by atoms with Gasteiger partial charge in [-0.1, -0.05) is 0 Å². The number of aromatic amines is 2. The molecule has 0 bridgehead atoms. The van der Waals surface area contributed by atoms with E-state index in [2.05, 4.69) is 9.97 Å². The molecule has 2 N–H and O–H groups in total. The van der Waals surface area contributed by atoms with Gasteiger partial charge in [-0.05, 0) is 23.3 Å². The molecule has 0 radical (unpaired) electrons. The number of hydrogen-bond donors (Lipinski definition) is 2. The van der Waals surface area contributed by atoms with E-state index in [1.165, 1.54) is 0 Å². The van der Waals surface area contributed by atoms with Gasteiger partial charge >= 0.3 is 0 Å². The Hall–Kier alpha value is -2.10. The van der Waals surface area contributed by atoms with Crippen LogP contribution in [0, 0.1) is 0 Å². The van der Waals surface area contributed by atoms with Gasteiger partial charge in [-0.15, -0.1) is 0 Å². The molecule has 0 atom stereocenters. The maximum atomic E-state index is 10.4. The first-order valence-corrected chi connectivity index (χ1v) is 4.57. The van der Waals surface area contributed by atoms with E-state index in [0.717, 1.165) is 23.7 Å². The van der Waals surface area contributed by atoms with E-state index in [1.807, 2.05) is 0 Å². The van der Waals surface area contributed by atoms with Gasteiger partial charge in [-0.3, -0.25) is 9.59 Å². The fraction of sp³-hybridized carbons (Fsp3) is 0.0909. The van der Waals surface area contributed by atoms with Crippen molar-refractivity contribution in [2.45, 2.75) is 6.42 Å². The lowest BCUT2D eigenvalue weighted by Gasteiger charge is -1.91. The quantitative estimate of drug-likeness (QED) is 0.739. The number of nitrogens with one attached hydrogen (secondary N) is 2. The van der Waals surface area contributed by atoms with Crippen molar-refractivity contribution in [2.75, 3.05) is 0 Å². The van der Waals surface area contributed by atoms with Crippen LogP contribution in [0.3, 0.4) is 0 Å². The Morgan fingerprint density at radius 1 is 0.933 bits per heavy atom. The molecule has 0 aliphatic heterocycles. The van der Waals surface area contributed by atoms with Crippen molar-refractivity contribution in [3.8, 4) is 0 Å². The zero-order chi connectivity index (χ0) is 10.7. The fourth-order valence-electron chi connectivity index (χ4n) is 1.49. The van der Waals surface area contributed by atoms with Gasteiger partial charge < -0.3 is 9.97 Å². The first-order chi connectivity index (χ1) is 7.31. The second kappa shape index (κ2) is 3.96. The molecule has 0 saturated carbocycles. The molecule has 0 unspecified atom stereocenters. The molecule has 0 aromatic carbocycles. The summed E-state index contributed by atoms with van der Waals surface area (Å²) >= 11 is 0. The Labute approximate surface area is 86.3 Å². The van der Waals surface area contributed by atoms with Crippen molar-refractivity contribution >= 4 is 12.6 Å². The lowest BCUT2D eigenvalue weighted by Crippen LogP contribution is -1.81. The van der Waals surface area contributed by atoms with Crippen LogP contribution in [0.4, 0.5) is 0 Å². The number of aromatic nitrogens is 2. The van der Waals surface area contributed by atoms with Crippen LogP contribution in [0.25, 0.3) is 0 Å². The van der Waals surface area contributed by atoms with Crippen molar-refractivity contribution in [3.63, 3.8) is 0 Å². The Morgan fingerprint density at radius 3 is 1.73 bits per heavy atom. The first-order valence-electron chi connectivity index (χ1n) is 4.57. The van der Waals surface area contributed by atoms with Crippen LogP contribution in [0.15, 0.2) is 24.5 Å². The number of aldehydes is 2. The van der Waals surface area contributed by atoms with Crippen molar-refractivity contribution in [1.82, 2.24) is 9.97 Å². The highest BCUT2D eigenvalue weighted by Crippen LogP contribution is 2.10. The summed E-state index contributed by atoms with van der Waals surface area (Å²) in [5.74, 6) is 0. The Balaban J connectivity index is 2.13. The summed E-state index contributed by atoms with van der Waals surface area (Å²) in [7, 11) is 0. The molecule has 2 aromatic rings. The molecular weight excluding hydrogens is 192 g/mol. The van der Waals surface area contributed by atoms with E-state index in [-0.39, 0.29) is 0 Å². The minimum Gasteiger partial charge on any atom is -0.359 e. The van der Waals surface area contributed by atoms with Crippen LogP contribution in [0.1, 0.15) is 32.1 Å². The van der Waals surface area contributed by atoms with Gasteiger partial charge in [0.15, 0.2) is 12.6 Å². The standard InChI is InChI=1S/C11H10N2O2/c14-6-10-2-8(4-12-10)1-9-3-11(7-15)13-5-9/h2-7,12-13H,1H2. The van der Waals surface area contributed by atoms with E-state index >= 15 is 0 Å². The lowest BCUT2D eigenvalue weighted by molar-refractivity contribution is 0.111. The molecule has 0 saturated heterocycles. The van der Waals surface area contributed by atoms with E-state index in [4.69, 9.17) is 0 Å². The zero-order valence-electron chi connectivity index (χ0n) is 7.99. The molecule has 15 heavy (non-hydrogen) atoms. The van der Waals surface area contributed by atoms with Crippen LogP contribution in [0.5, 0.6) is 0 Å². The van der Waals surface area contributed by atoms with Gasteiger partial charge in [0.1, 0.15) is 0 Å². The van der Waals surface area contributed by atoms with Crippen LogP contribution < -0.4 is 0 Å². The second-order valence-electron chi connectivity index (χ2n) is 3.34. The Bertz CT molecular complexity index is 438. The number of rotatable bonds is 4. The zero-order valence-corrected chi connectivity index (χ0v) is 7.99. The van der Waals surface area contributed by atoms with Gasteiger partial charge in [-0.2, -0.15) is 0 Å². The molecule has 76 valence electrons. The molecular formula is C11H10N2O2. The summed E-state index contributed by atoms with van der Waals surface area (Å²) < 4.78 is 0. The minimum atomic E-state index is 0.566. The minimum absolute atomic E-state index is 0.566. The molecule has 0 spiro atoms. The Morgan fingerprint density at radius 2 is 1.40 bits per heavy atom. The smallest absolute Gasteiger partial charge is 0.166 e. The van der Waals surface area contributed by atoms with Crippen LogP contribution in [-0.2, 0) is 6.42 Å². The fourth-order valence-corrected chi connectivity index (χ4v) is 1.49. The van der Waals surface area contributed by atoms with Crippen molar-refractivity contribution in [3.05, 3.63) is 47.0 Å². The molecule has 2 heterocycles. The third-order valence-electron chi connectivity index (χ3n) is 2.19. The van der Waals surface area contributed by atoms with Gasteiger partial charge in [0, 0.05) is 18.8 Å². The highest BCUT2D eigenvalue weighted by Gasteiger charge is 2.02. The van der Waals surface area contributed by atoms with Crippen molar-refractivity contribution in [2.24, 2.45) is 0 Å². The van der Waals surface area contributed by atoms with Crippen LogP contribution in [0.2, 0.25) is 0 Å². The average molecular weight is 202 g/mol. The summed E-state index contributed by atoms with van der Waals surface area (Å²) in [6.45, 7) is 0. The average Bonchev–Trinajstić information content (AvgIpc) is 2.87. The van der Waals surface area contributed by atoms with Crippen LogP contribution in [-0.4, -0.2) is 22.5 Å². The first kappa shape index (κ1) is 9.45. The van der Waals surface area contributed by atoms with Gasteiger partial charge in [0.25, 0.3) is 0 Å². The van der Waals surface area contributed by atoms with Crippen LogP contribution >= 0.6 is 0 Å². The van der Waals surface area contributed by atoms with E-state index in [0.29, 0.717) is 17.8 Å². The van der Waals surface area contributed by atoms with Crippen molar-refractivity contribution < 1.29 is 9.59 Å². The number of carbonyl (C=O) groups excluding carboxylic acids is 2. The topological polar surface area (TPSA) is 65.7 Å². The SMILES string of the molecule is O=Cc1cc(Cc2c[nH]c(C=O)c2)c[nH]1. The second-order valence-corrected chi connectivity index (χ2v) is 3.34. The lowest BCUT2D eigenvalue weighted by atomic mass is 10.1. The molecule has 0 fully saturated rings. The third kappa shape index (κ3) is 2.04. The maximum Gasteiger partial charge on any atom is 0.166 e. The van der Waals surface area contributed by atoms with E-state index in [1.54, 1.807) is 24.5 Å². The molecule has 2 rings (SSSR count). The summed E-state index contributed by atoms with van der Waals surface area (Å²) in [6, 6.07) is 3.58. The summed E-state index contributed by atoms with van der Waals surface area (Å²) in [5, 5.41) is 0. The third-order valence-corrected chi connectivity index (χ3v) is 2.19. The normalized spacial score (nSPS) is 10.1. The van der Waals surface area contributed by atoms with Gasteiger partial charge in [0.05, 0.1) is 11.4 Å². The number of hydrogen-bond acceptors (Lipinski definition) is 2. The molecule has 0 aliphatic carbocycles. The highest BCUT2D eigenvalue weighted by molar-refractivity contribution is 5.73. The van der Waals surface area contributed by atoms with Crippen molar-refractivity contribution in [1.29, 1.82) is 0 Å². The monoisotopic (exact) mass is 202 g/mol. The largest absolute Gasteiger partial charge is 0.359 e.